The van der Waals surface area contributed by atoms with Gasteiger partial charge in [0.25, 0.3) is 0 Å². The summed E-state index contributed by atoms with van der Waals surface area (Å²) in [6.07, 6.45) is 3.72. The predicted molar refractivity (Wildman–Crippen MR) is 105 cm³/mol. The van der Waals surface area contributed by atoms with Crippen LogP contribution in [0.15, 0.2) is 53.3 Å². The lowest BCUT2D eigenvalue weighted by Crippen LogP contribution is -2.45. The molecule has 0 atom stereocenters. The van der Waals surface area contributed by atoms with Gasteiger partial charge in [-0.05, 0) is 41.9 Å². The van der Waals surface area contributed by atoms with E-state index in [0.717, 1.165) is 49.5 Å². The average Bonchev–Trinajstić information content (AvgIpc) is 3.16. The number of hydrogen-bond acceptors (Lipinski definition) is 5. The highest BCUT2D eigenvalue weighted by atomic mass is 16.3. The van der Waals surface area contributed by atoms with Crippen molar-refractivity contribution in [3.05, 3.63) is 60.0 Å². The molecule has 3 aromatic rings. The third kappa shape index (κ3) is 4.06. The molecule has 2 aromatic heterocycles. The molecule has 0 amide bonds. The molecule has 1 aliphatic heterocycles. The van der Waals surface area contributed by atoms with Crippen LogP contribution in [0.25, 0.3) is 11.0 Å². The van der Waals surface area contributed by atoms with E-state index < -0.39 is 0 Å². The van der Waals surface area contributed by atoms with Crippen LogP contribution >= 0.6 is 0 Å². The van der Waals surface area contributed by atoms with E-state index in [1.807, 2.05) is 18.3 Å². The molecule has 5 nitrogen and oxygen atoms in total. The Balaban J connectivity index is 1.30. The van der Waals surface area contributed by atoms with Crippen LogP contribution in [0.2, 0.25) is 0 Å². The molecule has 0 spiro atoms. The molecule has 1 aliphatic rings. The SMILES string of the molecule is CCN1CCN(Cc2ccc(NCc3ccc4occc4c3)nc2)CC1. The minimum absolute atomic E-state index is 0.756. The number of fused-ring (bicyclic) bond motifs is 1. The van der Waals surface area contributed by atoms with E-state index in [1.165, 1.54) is 24.2 Å². The molecule has 1 aromatic carbocycles. The van der Waals surface area contributed by atoms with E-state index in [-0.39, 0.29) is 0 Å². The fourth-order valence-corrected chi connectivity index (χ4v) is 3.46. The van der Waals surface area contributed by atoms with Crippen LogP contribution in [0.4, 0.5) is 5.82 Å². The fourth-order valence-electron chi connectivity index (χ4n) is 3.46. The lowest BCUT2D eigenvalue weighted by molar-refractivity contribution is 0.132. The lowest BCUT2D eigenvalue weighted by Gasteiger charge is -2.33. The maximum absolute atomic E-state index is 5.38. The number of pyridine rings is 1. The van der Waals surface area contributed by atoms with Gasteiger partial charge < -0.3 is 14.6 Å². The number of aromatic nitrogens is 1. The van der Waals surface area contributed by atoms with Crippen molar-refractivity contribution in [3.8, 4) is 0 Å². The second-order valence-corrected chi connectivity index (χ2v) is 6.91. The molecule has 4 rings (SSSR count). The number of anilines is 1. The number of likely N-dealkylation sites (N-methyl/N-ethyl adjacent to an activating group) is 1. The topological polar surface area (TPSA) is 44.5 Å². The van der Waals surface area contributed by atoms with Gasteiger partial charge in [-0.1, -0.05) is 19.1 Å². The van der Waals surface area contributed by atoms with Crippen molar-refractivity contribution in [3.63, 3.8) is 0 Å². The highest BCUT2D eigenvalue weighted by Crippen LogP contribution is 2.18. The fraction of sp³-hybridized carbons (Fsp3) is 0.381. The molecule has 5 heteroatoms. The third-order valence-corrected chi connectivity index (χ3v) is 5.13. The number of hydrogen-bond donors (Lipinski definition) is 1. The van der Waals surface area contributed by atoms with E-state index in [1.54, 1.807) is 6.26 Å². The maximum atomic E-state index is 5.38. The molecular formula is C21H26N4O. The number of nitrogens with zero attached hydrogens (tertiary/aromatic N) is 3. The molecule has 136 valence electrons. The number of furan rings is 1. The van der Waals surface area contributed by atoms with Crippen molar-refractivity contribution >= 4 is 16.8 Å². The monoisotopic (exact) mass is 350 g/mol. The quantitative estimate of drug-likeness (QED) is 0.736. The third-order valence-electron chi connectivity index (χ3n) is 5.13. The Hall–Kier alpha value is -2.37. The Morgan fingerprint density at radius 1 is 1.00 bits per heavy atom. The molecule has 0 bridgehead atoms. The Morgan fingerprint density at radius 3 is 2.58 bits per heavy atom. The molecule has 0 radical (unpaired) electrons. The van der Waals surface area contributed by atoms with Crippen LogP contribution in [0, 0.1) is 0 Å². The van der Waals surface area contributed by atoms with Gasteiger partial charge in [0.1, 0.15) is 11.4 Å². The summed E-state index contributed by atoms with van der Waals surface area (Å²) < 4.78 is 5.38. The second kappa shape index (κ2) is 7.89. The summed E-state index contributed by atoms with van der Waals surface area (Å²) in [6, 6.07) is 12.5. The Morgan fingerprint density at radius 2 is 1.81 bits per heavy atom. The summed E-state index contributed by atoms with van der Waals surface area (Å²) in [5, 5.41) is 4.54. The van der Waals surface area contributed by atoms with Crippen LogP contribution in [0.3, 0.4) is 0 Å². The van der Waals surface area contributed by atoms with Gasteiger partial charge in [-0.3, -0.25) is 4.90 Å². The van der Waals surface area contributed by atoms with Gasteiger partial charge in [0.2, 0.25) is 0 Å². The van der Waals surface area contributed by atoms with Gasteiger partial charge in [-0.2, -0.15) is 0 Å². The van der Waals surface area contributed by atoms with Crippen LogP contribution in [-0.2, 0) is 13.1 Å². The number of nitrogens with one attached hydrogen (secondary N) is 1. The lowest BCUT2D eigenvalue weighted by atomic mass is 10.1. The van der Waals surface area contributed by atoms with E-state index in [0.29, 0.717) is 0 Å². The van der Waals surface area contributed by atoms with E-state index in [2.05, 4.69) is 51.3 Å². The molecule has 26 heavy (non-hydrogen) atoms. The summed E-state index contributed by atoms with van der Waals surface area (Å²) in [5.74, 6) is 0.914. The van der Waals surface area contributed by atoms with Gasteiger partial charge in [0.05, 0.1) is 6.26 Å². The van der Waals surface area contributed by atoms with Crippen molar-refractivity contribution in [1.29, 1.82) is 0 Å². The standard InChI is InChI=1S/C21H26N4O/c1-2-24-8-10-25(11-9-24)16-18-4-6-21(23-15-18)22-14-17-3-5-20-19(13-17)7-12-26-20/h3-7,12-13,15H,2,8-11,14,16H2,1H3,(H,22,23). The average molecular weight is 350 g/mol. The van der Waals surface area contributed by atoms with Crippen molar-refractivity contribution in [2.24, 2.45) is 0 Å². The first kappa shape index (κ1) is 17.1. The first-order valence-electron chi connectivity index (χ1n) is 9.40. The molecule has 1 N–H and O–H groups in total. The van der Waals surface area contributed by atoms with Crippen molar-refractivity contribution in [1.82, 2.24) is 14.8 Å². The zero-order valence-electron chi connectivity index (χ0n) is 15.3. The zero-order chi connectivity index (χ0) is 17.8. The number of piperazine rings is 1. The van der Waals surface area contributed by atoms with Gasteiger partial charge in [-0.15, -0.1) is 0 Å². The largest absolute Gasteiger partial charge is 0.464 e. The van der Waals surface area contributed by atoms with Crippen molar-refractivity contribution in [2.75, 3.05) is 38.0 Å². The molecular weight excluding hydrogens is 324 g/mol. The summed E-state index contributed by atoms with van der Waals surface area (Å²) in [7, 11) is 0. The Kier molecular flexibility index (Phi) is 5.18. The normalized spacial score (nSPS) is 16.2. The van der Waals surface area contributed by atoms with Gasteiger partial charge >= 0.3 is 0 Å². The number of rotatable bonds is 6. The summed E-state index contributed by atoms with van der Waals surface area (Å²) in [5.41, 5.74) is 3.43. The van der Waals surface area contributed by atoms with Crippen LogP contribution < -0.4 is 5.32 Å². The van der Waals surface area contributed by atoms with Gasteiger partial charge in [0.15, 0.2) is 0 Å². The summed E-state index contributed by atoms with van der Waals surface area (Å²) in [6.45, 7) is 9.76. The van der Waals surface area contributed by atoms with Crippen LogP contribution in [0.1, 0.15) is 18.1 Å². The minimum atomic E-state index is 0.756. The Labute approximate surface area is 154 Å². The van der Waals surface area contributed by atoms with Crippen LogP contribution in [-0.4, -0.2) is 47.5 Å². The summed E-state index contributed by atoms with van der Waals surface area (Å²) in [4.78, 5) is 9.59. The molecule has 1 saturated heterocycles. The van der Waals surface area contributed by atoms with E-state index >= 15 is 0 Å². The first-order valence-corrected chi connectivity index (χ1v) is 9.40. The minimum Gasteiger partial charge on any atom is -0.464 e. The zero-order valence-corrected chi connectivity index (χ0v) is 15.3. The van der Waals surface area contributed by atoms with Gasteiger partial charge in [-0.25, -0.2) is 4.98 Å². The Bertz CT molecular complexity index is 835. The highest BCUT2D eigenvalue weighted by Gasteiger charge is 2.15. The molecule has 0 unspecified atom stereocenters. The highest BCUT2D eigenvalue weighted by molar-refractivity contribution is 5.77. The molecule has 3 heterocycles. The second-order valence-electron chi connectivity index (χ2n) is 6.91. The number of benzene rings is 1. The molecule has 1 fully saturated rings. The molecule has 0 aliphatic carbocycles. The smallest absolute Gasteiger partial charge is 0.133 e. The van der Waals surface area contributed by atoms with Gasteiger partial charge in [0, 0.05) is 50.9 Å². The van der Waals surface area contributed by atoms with Crippen LogP contribution in [0.5, 0.6) is 0 Å². The predicted octanol–water partition coefficient (Wildman–Crippen LogP) is 3.58. The summed E-state index contributed by atoms with van der Waals surface area (Å²) >= 11 is 0. The van der Waals surface area contributed by atoms with E-state index in [4.69, 9.17) is 4.42 Å². The van der Waals surface area contributed by atoms with E-state index in [9.17, 15) is 0 Å². The molecule has 0 saturated carbocycles. The maximum Gasteiger partial charge on any atom is 0.133 e. The first-order chi connectivity index (χ1) is 12.8. The van der Waals surface area contributed by atoms with Crippen molar-refractivity contribution in [2.45, 2.75) is 20.0 Å². The van der Waals surface area contributed by atoms with Crippen molar-refractivity contribution < 1.29 is 4.42 Å².